The molecule has 27 heavy (non-hydrogen) atoms. The summed E-state index contributed by atoms with van der Waals surface area (Å²) in [5.41, 5.74) is 0. The summed E-state index contributed by atoms with van der Waals surface area (Å²) in [5, 5.41) is 42.0. The predicted molar refractivity (Wildman–Crippen MR) is 93.6 cm³/mol. The summed E-state index contributed by atoms with van der Waals surface area (Å²) >= 11 is 0. The lowest BCUT2D eigenvalue weighted by Gasteiger charge is -2.41. The van der Waals surface area contributed by atoms with Crippen molar-refractivity contribution in [3.63, 3.8) is 0 Å². The summed E-state index contributed by atoms with van der Waals surface area (Å²) in [5.74, 6) is -0.493. The minimum Gasteiger partial charge on any atom is -0.394 e. The molecular weight excluding hydrogens is 362 g/mol. The van der Waals surface area contributed by atoms with Crippen molar-refractivity contribution in [1.29, 1.82) is 0 Å². The second-order valence-corrected chi connectivity index (χ2v) is 6.66. The molecule has 1 heterocycles. The van der Waals surface area contributed by atoms with E-state index in [0.717, 1.165) is 0 Å². The van der Waals surface area contributed by atoms with Gasteiger partial charge in [-0.15, -0.1) is 0 Å². The second kappa shape index (κ2) is 11.9. The van der Waals surface area contributed by atoms with E-state index in [1.807, 2.05) is 0 Å². The number of amides is 1. The Hall–Kier alpha value is -0.850. The van der Waals surface area contributed by atoms with E-state index < -0.39 is 62.2 Å². The standard InChI is InChI=1S/C17H33NO9/c1-5-24-12(7-19)16(17(23)18-10(4)21)27-14-6-11(22)15(25-9(2)3)13(8-20)26-14/h9,11-17,19-20,22-23H,5-8H2,1-4H3,(H,18,21)/t11-,12-,13-,14+,15?,16?,17+/m1/s1. The van der Waals surface area contributed by atoms with Gasteiger partial charge in [0.2, 0.25) is 5.91 Å². The fourth-order valence-electron chi connectivity index (χ4n) is 2.93. The van der Waals surface area contributed by atoms with Gasteiger partial charge in [-0.1, -0.05) is 0 Å². The first-order chi connectivity index (χ1) is 12.7. The maximum absolute atomic E-state index is 11.3. The number of rotatable bonds is 11. The molecule has 0 aromatic rings. The van der Waals surface area contributed by atoms with Crippen molar-refractivity contribution in [1.82, 2.24) is 5.32 Å². The fourth-order valence-corrected chi connectivity index (χ4v) is 2.93. The van der Waals surface area contributed by atoms with E-state index in [9.17, 15) is 25.2 Å². The van der Waals surface area contributed by atoms with Crippen molar-refractivity contribution in [2.45, 2.75) is 83.3 Å². The molecule has 1 saturated heterocycles. The van der Waals surface area contributed by atoms with Crippen LogP contribution in [-0.4, -0.2) is 95.3 Å². The van der Waals surface area contributed by atoms with Crippen LogP contribution in [0, 0.1) is 0 Å². The zero-order valence-corrected chi connectivity index (χ0v) is 16.3. The molecule has 0 radical (unpaired) electrons. The molecule has 1 fully saturated rings. The molecule has 1 rings (SSSR count). The molecule has 0 aromatic carbocycles. The number of nitrogens with one attached hydrogen (secondary N) is 1. The molecule has 2 unspecified atom stereocenters. The highest BCUT2D eigenvalue weighted by Gasteiger charge is 2.42. The van der Waals surface area contributed by atoms with E-state index in [4.69, 9.17) is 18.9 Å². The molecule has 0 saturated carbocycles. The highest BCUT2D eigenvalue weighted by Crippen LogP contribution is 2.26. The van der Waals surface area contributed by atoms with Gasteiger partial charge in [0.05, 0.1) is 25.4 Å². The molecule has 10 nitrogen and oxygen atoms in total. The van der Waals surface area contributed by atoms with E-state index in [0.29, 0.717) is 0 Å². The quantitative estimate of drug-likeness (QED) is 0.263. The lowest BCUT2D eigenvalue weighted by molar-refractivity contribution is -0.299. The van der Waals surface area contributed by atoms with Crippen LogP contribution in [0.5, 0.6) is 0 Å². The monoisotopic (exact) mass is 395 g/mol. The summed E-state index contributed by atoms with van der Waals surface area (Å²) in [7, 11) is 0. The van der Waals surface area contributed by atoms with Gasteiger partial charge in [0, 0.05) is 20.0 Å². The highest BCUT2D eigenvalue weighted by atomic mass is 16.7. The van der Waals surface area contributed by atoms with Crippen LogP contribution in [0.4, 0.5) is 0 Å². The third-order valence-electron chi connectivity index (χ3n) is 4.01. The van der Waals surface area contributed by atoms with E-state index in [2.05, 4.69) is 5.32 Å². The van der Waals surface area contributed by atoms with Crippen LogP contribution < -0.4 is 5.32 Å². The molecule has 0 bridgehead atoms. The van der Waals surface area contributed by atoms with Crippen molar-refractivity contribution in [2.24, 2.45) is 0 Å². The topological polar surface area (TPSA) is 147 Å². The Balaban J connectivity index is 2.88. The molecule has 0 aliphatic carbocycles. The average Bonchev–Trinajstić information content (AvgIpc) is 2.58. The number of ether oxygens (including phenoxy) is 4. The number of carbonyl (C=O) groups excluding carboxylic acids is 1. The zero-order valence-electron chi connectivity index (χ0n) is 16.3. The first kappa shape index (κ1) is 24.2. The maximum Gasteiger partial charge on any atom is 0.218 e. The molecule has 5 N–H and O–H groups in total. The third kappa shape index (κ3) is 7.59. The molecule has 160 valence electrons. The van der Waals surface area contributed by atoms with Crippen LogP contribution in [0.1, 0.15) is 34.1 Å². The SMILES string of the molecule is CCO[C@H](CO)C(O[C@H]1C[C@@H](O)C(OC(C)C)[C@@H](CO)O1)[C@H](O)NC(C)=O. The van der Waals surface area contributed by atoms with Gasteiger partial charge in [0.1, 0.15) is 24.4 Å². The van der Waals surface area contributed by atoms with Gasteiger partial charge in [0.25, 0.3) is 0 Å². The summed E-state index contributed by atoms with van der Waals surface area (Å²) in [6, 6.07) is 0. The van der Waals surface area contributed by atoms with E-state index in [-0.39, 0.29) is 19.1 Å². The molecular formula is C17H33NO9. The minimum absolute atomic E-state index is 0.0153. The Kier molecular flexibility index (Phi) is 10.6. The Bertz CT molecular complexity index is 437. The van der Waals surface area contributed by atoms with Gasteiger partial charge >= 0.3 is 0 Å². The largest absolute Gasteiger partial charge is 0.394 e. The van der Waals surface area contributed by atoms with Crippen molar-refractivity contribution in [2.75, 3.05) is 19.8 Å². The van der Waals surface area contributed by atoms with Crippen LogP contribution >= 0.6 is 0 Å². The lowest BCUT2D eigenvalue weighted by atomic mass is 10.0. The molecule has 1 amide bonds. The highest BCUT2D eigenvalue weighted by molar-refractivity contribution is 5.73. The molecule has 0 spiro atoms. The van der Waals surface area contributed by atoms with Gasteiger partial charge < -0.3 is 44.7 Å². The predicted octanol–water partition coefficient (Wildman–Crippen LogP) is -1.51. The smallest absolute Gasteiger partial charge is 0.218 e. The minimum atomic E-state index is -1.47. The zero-order chi connectivity index (χ0) is 20.6. The van der Waals surface area contributed by atoms with Gasteiger partial charge in [-0.3, -0.25) is 4.79 Å². The number of hydrogen-bond acceptors (Lipinski definition) is 9. The third-order valence-corrected chi connectivity index (χ3v) is 4.01. The second-order valence-electron chi connectivity index (χ2n) is 6.66. The molecule has 10 heteroatoms. The Morgan fingerprint density at radius 3 is 2.44 bits per heavy atom. The Labute approximate surface area is 159 Å². The van der Waals surface area contributed by atoms with Crippen LogP contribution in [0.2, 0.25) is 0 Å². The number of aliphatic hydroxyl groups excluding tert-OH is 4. The first-order valence-electron chi connectivity index (χ1n) is 9.16. The van der Waals surface area contributed by atoms with Crippen molar-refractivity contribution in [3.05, 3.63) is 0 Å². The van der Waals surface area contributed by atoms with Gasteiger partial charge in [0.15, 0.2) is 12.5 Å². The summed E-state index contributed by atoms with van der Waals surface area (Å²) in [6.45, 7) is 5.92. The molecule has 0 aromatic heterocycles. The summed E-state index contributed by atoms with van der Waals surface area (Å²) < 4.78 is 22.4. The van der Waals surface area contributed by atoms with E-state index >= 15 is 0 Å². The maximum atomic E-state index is 11.3. The van der Waals surface area contributed by atoms with E-state index in [1.165, 1.54) is 6.92 Å². The summed E-state index contributed by atoms with van der Waals surface area (Å²) in [4.78, 5) is 11.3. The van der Waals surface area contributed by atoms with Gasteiger partial charge in [-0.2, -0.15) is 0 Å². The van der Waals surface area contributed by atoms with Crippen LogP contribution in [0.15, 0.2) is 0 Å². The van der Waals surface area contributed by atoms with Crippen LogP contribution in [0.25, 0.3) is 0 Å². The van der Waals surface area contributed by atoms with Crippen molar-refractivity contribution in [3.8, 4) is 0 Å². The lowest BCUT2D eigenvalue weighted by Crippen LogP contribution is -2.57. The average molecular weight is 395 g/mol. The first-order valence-corrected chi connectivity index (χ1v) is 9.16. The number of hydrogen-bond donors (Lipinski definition) is 5. The number of aliphatic hydroxyl groups is 4. The summed E-state index contributed by atoms with van der Waals surface area (Å²) in [6.07, 6.45) is -7.26. The molecule has 1 aliphatic rings. The normalized spacial score (nSPS) is 29.4. The van der Waals surface area contributed by atoms with Crippen molar-refractivity contribution >= 4 is 5.91 Å². The Morgan fingerprint density at radius 1 is 1.30 bits per heavy atom. The fraction of sp³-hybridized carbons (Fsp3) is 0.941. The Morgan fingerprint density at radius 2 is 1.96 bits per heavy atom. The van der Waals surface area contributed by atoms with E-state index in [1.54, 1.807) is 20.8 Å². The molecule has 1 aliphatic heterocycles. The van der Waals surface area contributed by atoms with Crippen LogP contribution in [0.3, 0.4) is 0 Å². The van der Waals surface area contributed by atoms with Crippen LogP contribution in [-0.2, 0) is 23.7 Å². The van der Waals surface area contributed by atoms with Crippen molar-refractivity contribution < 1.29 is 44.2 Å². The van der Waals surface area contributed by atoms with Gasteiger partial charge in [-0.05, 0) is 20.8 Å². The van der Waals surface area contributed by atoms with Gasteiger partial charge in [-0.25, -0.2) is 0 Å². The molecule has 7 atom stereocenters. The number of carbonyl (C=O) groups is 1.